The minimum atomic E-state index is 0. The van der Waals surface area contributed by atoms with Gasteiger partial charge >= 0.3 is 0 Å². The summed E-state index contributed by atoms with van der Waals surface area (Å²) in [6.45, 7) is 0. The van der Waals surface area contributed by atoms with Crippen molar-refractivity contribution in [3.8, 4) is 0 Å². The SMILES string of the molecule is P.c1ccncc1.c1cscn1. The number of nitrogens with zero attached hydrogens (tertiary/aromatic N) is 2. The molecule has 12 heavy (non-hydrogen) atoms. The Morgan fingerprint density at radius 3 is 1.75 bits per heavy atom. The Bertz CT molecular complexity index is 203. The number of rotatable bonds is 0. The van der Waals surface area contributed by atoms with E-state index in [0.717, 1.165) is 0 Å². The van der Waals surface area contributed by atoms with Gasteiger partial charge in [0, 0.05) is 24.0 Å². The Morgan fingerprint density at radius 1 is 0.833 bits per heavy atom. The fourth-order valence-electron chi connectivity index (χ4n) is 0.488. The van der Waals surface area contributed by atoms with Crippen LogP contribution >= 0.6 is 21.2 Å². The molecule has 4 heteroatoms. The topological polar surface area (TPSA) is 25.8 Å². The summed E-state index contributed by atoms with van der Waals surface area (Å²) in [6.07, 6.45) is 5.27. The van der Waals surface area contributed by atoms with Gasteiger partial charge < -0.3 is 0 Å². The van der Waals surface area contributed by atoms with Crippen LogP contribution in [0.3, 0.4) is 0 Å². The van der Waals surface area contributed by atoms with Crippen molar-refractivity contribution in [1.29, 1.82) is 0 Å². The number of hydrogen-bond donors (Lipinski definition) is 0. The lowest BCUT2D eigenvalue weighted by molar-refractivity contribution is 1.33. The summed E-state index contributed by atoms with van der Waals surface area (Å²) in [4.78, 5) is 7.53. The highest BCUT2D eigenvalue weighted by atomic mass is 32.1. The molecule has 2 aromatic rings. The molecule has 2 nitrogen and oxygen atoms in total. The van der Waals surface area contributed by atoms with E-state index in [1.54, 1.807) is 35.4 Å². The molecule has 0 aliphatic rings. The highest BCUT2D eigenvalue weighted by Gasteiger charge is 1.59. The Kier molecular flexibility index (Phi) is 7.76. The second kappa shape index (κ2) is 8.31. The summed E-state index contributed by atoms with van der Waals surface area (Å²) in [5, 5.41) is 1.93. The molecule has 0 fully saturated rings. The molecular formula is C8H11N2PS. The standard InChI is InChI=1S/C5H5N.C3H3NS.H3P/c1-2-4-6-5-3-1;1-2-5-3-4-1;/h1-5H;1-3H;1H3. The molecule has 0 spiro atoms. The van der Waals surface area contributed by atoms with Gasteiger partial charge in [0.1, 0.15) is 0 Å². The summed E-state index contributed by atoms with van der Waals surface area (Å²) in [7, 11) is 0. The van der Waals surface area contributed by atoms with E-state index in [2.05, 4.69) is 9.97 Å². The van der Waals surface area contributed by atoms with Crippen LogP contribution in [0.1, 0.15) is 0 Å². The third-order valence-corrected chi connectivity index (χ3v) is 1.44. The van der Waals surface area contributed by atoms with Gasteiger partial charge in [-0.05, 0) is 12.1 Å². The Labute approximate surface area is 79.3 Å². The largest absolute Gasteiger partial charge is 0.265 e. The number of aromatic nitrogens is 2. The van der Waals surface area contributed by atoms with Crippen molar-refractivity contribution in [2.75, 3.05) is 0 Å². The molecule has 2 rings (SSSR count). The second-order valence-corrected chi connectivity index (χ2v) is 2.46. The van der Waals surface area contributed by atoms with Crippen LogP contribution in [0.2, 0.25) is 0 Å². The van der Waals surface area contributed by atoms with Crippen molar-refractivity contribution in [2.45, 2.75) is 0 Å². The molecular weight excluding hydrogens is 187 g/mol. The summed E-state index contributed by atoms with van der Waals surface area (Å²) in [5.41, 5.74) is 1.79. The van der Waals surface area contributed by atoms with Crippen LogP contribution in [0.5, 0.6) is 0 Å². The van der Waals surface area contributed by atoms with Crippen molar-refractivity contribution in [3.63, 3.8) is 0 Å². The van der Waals surface area contributed by atoms with Crippen LogP contribution in [0.4, 0.5) is 0 Å². The molecule has 0 saturated carbocycles. The molecule has 1 atom stereocenters. The molecule has 0 saturated heterocycles. The summed E-state index contributed by atoms with van der Waals surface area (Å²) < 4.78 is 0. The third-order valence-electron chi connectivity index (χ3n) is 0.914. The fraction of sp³-hybridized carbons (Fsp3) is 0. The zero-order chi connectivity index (χ0) is 7.78. The normalized spacial score (nSPS) is 7.33. The fourth-order valence-corrected chi connectivity index (χ4v) is 0.840. The Hall–Kier alpha value is -0.790. The van der Waals surface area contributed by atoms with Crippen molar-refractivity contribution >= 4 is 21.2 Å². The van der Waals surface area contributed by atoms with Gasteiger partial charge in [0.15, 0.2) is 0 Å². The first-order valence-corrected chi connectivity index (χ1v) is 4.11. The molecule has 0 aliphatic heterocycles. The van der Waals surface area contributed by atoms with Gasteiger partial charge in [-0.2, -0.15) is 9.90 Å². The number of thiazole rings is 1. The van der Waals surface area contributed by atoms with Gasteiger partial charge in [-0.15, -0.1) is 11.3 Å². The lowest BCUT2D eigenvalue weighted by Crippen LogP contribution is -1.58. The first-order valence-electron chi connectivity index (χ1n) is 3.17. The highest BCUT2D eigenvalue weighted by Crippen LogP contribution is 1.85. The van der Waals surface area contributed by atoms with Gasteiger partial charge in [0.2, 0.25) is 0 Å². The maximum Gasteiger partial charge on any atom is 0.0791 e. The average molecular weight is 198 g/mol. The van der Waals surface area contributed by atoms with Crippen LogP contribution in [-0.2, 0) is 0 Å². The van der Waals surface area contributed by atoms with E-state index in [0.29, 0.717) is 0 Å². The summed E-state index contributed by atoms with van der Waals surface area (Å²) >= 11 is 1.60. The van der Waals surface area contributed by atoms with E-state index in [1.807, 2.05) is 23.6 Å². The molecule has 0 bridgehead atoms. The number of hydrogen-bond acceptors (Lipinski definition) is 3. The molecule has 0 amide bonds. The second-order valence-electron chi connectivity index (χ2n) is 1.70. The first kappa shape index (κ1) is 11.2. The van der Waals surface area contributed by atoms with Crippen LogP contribution in [0, 0.1) is 0 Å². The van der Waals surface area contributed by atoms with Gasteiger partial charge in [-0.25, -0.2) is 0 Å². The van der Waals surface area contributed by atoms with Crippen molar-refractivity contribution in [3.05, 3.63) is 47.7 Å². The minimum Gasteiger partial charge on any atom is -0.265 e. The van der Waals surface area contributed by atoms with Gasteiger partial charge in [0.25, 0.3) is 0 Å². The molecule has 0 radical (unpaired) electrons. The lowest BCUT2D eigenvalue weighted by atomic mass is 10.5. The van der Waals surface area contributed by atoms with Gasteiger partial charge in [-0.1, -0.05) is 6.07 Å². The molecule has 1 unspecified atom stereocenters. The van der Waals surface area contributed by atoms with Crippen LogP contribution in [0.15, 0.2) is 47.7 Å². The van der Waals surface area contributed by atoms with E-state index >= 15 is 0 Å². The van der Waals surface area contributed by atoms with E-state index < -0.39 is 0 Å². The van der Waals surface area contributed by atoms with Crippen molar-refractivity contribution < 1.29 is 0 Å². The zero-order valence-electron chi connectivity index (χ0n) is 6.63. The van der Waals surface area contributed by atoms with E-state index in [4.69, 9.17) is 0 Å². The van der Waals surface area contributed by atoms with E-state index in [-0.39, 0.29) is 9.90 Å². The maximum atomic E-state index is 3.78. The smallest absolute Gasteiger partial charge is 0.0791 e. The molecule has 2 heterocycles. The quantitative estimate of drug-likeness (QED) is 0.607. The van der Waals surface area contributed by atoms with Crippen molar-refractivity contribution in [1.82, 2.24) is 9.97 Å². The maximum absolute atomic E-state index is 3.78. The molecule has 0 aliphatic carbocycles. The highest BCUT2D eigenvalue weighted by molar-refractivity contribution is 7.07. The van der Waals surface area contributed by atoms with Crippen LogP contribution in [0.25, 0.3) is 0 Å². The first-order chi connectivity index (χ1) is 5.50. The third kappa shape index (κ3) is 5.96. The van der Waals surface area contributed by atoms with Crippen molar-refractivity contribution in [2.24, 2.45) is 0 Å². The lowest BCUT2D eigenvalue weighted by Gasteiger charge is -1.70. The zero-order valence-corrected chi connectivity index (χ0v) is 8.86. The van der Waals surface area contributed by atoms with Crippen LogP contribution in [-0.4, -0.2) is 9.97 Å². The van der Waals surface area contributed by atoms with E-state index in [9.17, 15) is 0 Å². The molecule has 0 aromatic carbocycles. The molecule has 2 aromatic heterocycles. The molecule has 0 N–H and O–H groups in total. The molecule has 64 valence electrons. The van der Waals surface area contributed by atoms with Gasteiger partial charge in [0.05, 0.1) is 5.51 Å². The monoisotopic (exact) mass is 198 g/mol. The Morgan fingerprint density at radius 2 is 1.58 bits per heavy atom. The summed E-state index contributed by atoms with van der Waals surface area (Å²) in [6, 6.07) is 5.72. The van der Waals surface area contributed by atoms with Crippen LogP contribution < -0.4 is 0 Å². The van der Waals surface area contributed by atoms with E-state index in [1.165, 1.54) is 0 Å². The Balaban J connectivity index is 0.000000189. The summed E-state index contributed by atoms with van der Waals surface area (Å²) in [5.74, 6) is 0. The number of pyridine rings is 1. The minimum absolute atomic E-state index is 0. The van der Waals surface area contributed by atoms with Gasteiger partial charge in [-0.3, -0.25) is 9.97 Å². The predicted octanol–water partition coefficient (Wildman–Crippen LogP) is 2.28. The average Bonchev–Trinajstić information content (AvgIpc) is 2.64. The predicted molar refractivity (Wildman–Crippen MR) is 57.5 cm³/mol.